The van der Waals surface area contributed by atoms with E-state index in [1.165, 1.54) is 12.1 Å². The van der Waals surface area contributed by atoms with Crippen LogP contribution < -0.4 is 5.32 Å². The lowest BCUT2D eigenvalue weighted by Gasteiger charge is -2.21. The minimum atomic E-state index is -0.667. The summed E-state index contributed by atoms with van der Waals surface area (Å²) in [7, 11) is 0. The summed E-state index contributed by atoms with van der Waals surface area (Å²) in [6.07, 6.45) is -0.256. The third-order valence-electron chi connectivity index (χ3n) is 2.22. The van der Waals surface area contributed by atoms with E-state index in [-0.39, 0.29) is 5.75 Å². The molecule has 1 aromatic carbocycles. The number of nitrogens with one attached hydrogen (secondary N) is 1. The Bertz CT molecular complexity index is 469. The minimum Gasteiger partial charge on any atom is -0.508 e. The third kappa shape index (κ3) is 5.77. The quantitative estimate of drug-likeness (QED) is 0.876. The molecule has 5 nitrogen and oxygen atoms in total. The zero-order valence-electron chi connectivity index (χ0n) is 11.3. The second kappa shape index (κ2) is 6.10. The fraction of sp³-hybridized carbons (Fsp3) is 0.429. The van der Waals surface area contributed by atoms with Gasteiger partial charge in [0.15, 0.2) is 0 Å². The second-order valence-electron chi connectivity index (χ2n) is 5.20. The number of benzene rings is 1. The van der Waals surface area contributed by atoms with Gasteiger partial charge in [-0.15, -0.1) is 0 Å². The van der Waals surface area contributed by atoms with E-state index >= 15 is 0 Å². The topological polar surface area (TPSA) is 82.3 Å². The molecule has 2 N–H and O–H groups in total. The first kappa shape index (κ1) is 14.8. The molecular formula is C14H18N2O3. The van der Waals surface area contributed by atoms with Crippen LogP contribution in [0.25, 0.3) is 0 Å². The van der Waals surface area contributed by atoms with Gasteiger partial charge in [0.25, 0.3) is 0 Å². The Morgan fingerprint density at radius 1 is 1.42 bits per heavy atom. The Morgan fingerprint density at radius 2 is 2.00 bits per heavy atom. The average molecular weight is 262 g/mol. The number of hydrogen-bond acceptors (Lipinski definition) is 4. The summed E-state index contributed by atoms with van der Waals surface area (Å²) < 4.78 is 5.09. The molecule has 0 heterocycles. The molecule has 0 radical (unpaired) electrons. The zero-order valence-corrected chi connectivity index (χ0v) is 11.3. The van der Waals surface area contributed by atoms with E-state index in [1.54, 1.807) is 32.9 Å². The molecule has 0 aromatic heterocycles. The smallest absolute Gasteiger partial charge is 0.408 e. The first-order valence-corrected chi connectivity index (χ1v) is 5.97. The summed E-state index contributed by atoms with van der Waals surface area (Å²) in [6, 6.07) is 7.83. The third-order valence-corrected chi connectivity index (χ3v) is 2.22. The van der Waals surface area contributed by atoms with Crippen molar-refractivity contribution in [1.29, 1.82) is 5.26 Å². The lowest BCUT2D eigenvalue weighted by atomic mass is 10.1. The standard InChI is InChI=1S/C14H18N2O3/c1-14(2,3)19-13(18)16-11(9-15)8-10-4-6-12(17)7-5-10/h4-7,11,17H,8H2,1-3H3,(H,16,18)/t11-/m0/s1. The van der Waals surface area contributed by atoms with E-state index in [0.717, 1.165) is 5.56 Å². The molecule has 0 aliphatic rings. The van der Waals surface area contributed by atoms with Gasteiger partial charge in [-0.3, -0.25) is 0 Å². The van der Waals surface area contributed by atoms with Crippen LogP contribution >= 0.6 is 0 Å². The van der Waals surface area contributed by atoms with Gasteiger partial charge >= 0.3 is 6.09 Å². The second-order valence-corrected chi connectivity index (χ2v) is 5.20. The molecule has 0 saturated heterocycles. The van der Waals surface area contributed by atoms with Gasteiger partial charge in [0, 0.05) is 6.42 Å². The Hall–Kier alpha value is -2.22. The number of hydrogen-bond donors (Lipinski definition) is 2. The number of aromatic hydroxyl groups is 1. The SMILES string of the molecule is CC(C)(C)OC(=O)N[C@H](C#N)Cc1ccc(O)cc1. The molecular weight excluding hydrogens is 244 g/mol. The van der Waals surface area contributed by atoms with E-state index in [1.807, 2.05) is 6.07 Å². The number of carbonyl (C=O) groups excluding carboxylic acids is 1. The van der Waals surface area contributed by atoms with Gasteiger partial charge in [0.1, 0.15) is 17.4 Å². The van der Waals surface area contributed by atoms with Crippen molar-refractivity contribution in [3.63, 3.8) is 0 Å². The monoisotopic (exact) mass is 262 g/mol. The van der Waals surface area contributed by atoms with Crippen LogP contribution in [0.4, 0.5) is 4.79 Å². The maximum atomic E-state index is 11.5. The van der Waals surface area contributed by atoms with E-state index in [0.29, 0.717) is 6.42 Å². The van der Waals surface area contributed by atoms with Crippen LogP contribution in [0.2, 0.25) is 0 Å². The van der Waals surface area contributed by atoms with Crippen molar-refractivity contribution < 1.29 is 14.6 Å². The molecule has 0 saturated carbocycles. The van der Waals surface area contributed by atoms with Crippen molar-refractivity contribution in [2.24, 2.45) is 0 Å². The Balaban J connectivity index is 2.57. The zero-order chi connectivity index (χ0) is 14.5. The summed E-state index contributed by atoms with van der Waals surface area (Å²) in [4.78, 5) is 11.5. The van der Waals surface area contributed by atoms with Gasteiger partial charge in [0.05, 0.1) is 6.07 Å². The highest BCUT2D eigenvalue weighted by Gasteiger charge is 2.19. The molecule has 0 fully saturated rings. The van der Waals surface area contributed by atoms with E-state index in [4.69, 9.17) is 15.1 Å². The molecule has 0 unspecified atom stereocenters. The Morgan fingerprint density at radius 3 is 2.47 bits per heavy atom. The van der Waals surface area contributed by atoms with E-state index < -0.39 is 17.7 Å². The highest BCUT2D eigenvalue weighted by molar-refractivity contribution is 5.68. The van der Waals surface area contributed by atoms with Crippen LogP contribution in [0.3, 0.4) is 0 Å². The molecule has 1 atom stereocenters. The Kier molecular flexibility index (Phi) is 4.76. The number of rotatable bonds is 3. The predicted molar refractivity (Wildman–Crippen MR) is 70.6 cm³/mol. The number of amides is 1. The first-order chi connectivity index (χ1) is 8.80. The normalized spacial score (nSPS) is 12.3. The fourth-order valence-electron chi connectivity index (χ4n) is 1.45. The molecule has 0 spiro atoms. The molecule has 1 aromatic rings. The summed E-state index contributed by atoms with van der Waals surface area (Å²) in [5, 5.41) is 20.7. The maximum Gasteiger partial charge on any atom is 0.408 e. The van der Waals surface area contributed by atoms with Gasteiger partial charge in [-0.2, -0.15) is 5.26 Å². The van der Waals surface area contributed by atoms with Crippen LogP contribution in [0, 0.1) is 11.3 Å². The van der Waals surface area contributed by atoms with Crippen LogP contribution in [-0.2, 0) is 11.2 Å². The van der Waals surface area contributed by atoms with Crippen molar-refractivity contribution in [3.8, 4) is 11.8 Å². The Labute approximate surface area is 112 Å². The van der Waals surface area contributed by atoms with E-state index in [9.17, 15) is 4.79 Å². The van der Waals surface area contributed by atoms with Gasteiger partial charge in [-0.1, -0.05) is 12.1 Å². The lowest BCUT2D eigenvalue weighted by Crippen LogP contribution is -2.39. The fourth-order valence-corrected chi connectivity index (χ4v) is 1.45. The summed E-state index contributed by atoms with van der Waals surface area (Å²) in [5.41, 5.74) is 0.253. The highest BCUT2D eigenvalue weighted by atomic mass is 16.6. The van der Waals surface area contributed by atoms with Gasteiger partial charge in [-0.25, -0.2) is 4.79 Å². The molecule has 0 aliphatic carbocycles. The van der Waals surface area contributed by atoms with Gasteiger partial charge in [-0.05, 0) is 38.5 Å². The molecule has 19 heavy (non-hydrogen) atoms. The molecule has 0 bridgehead atoms. The van der Waals surface area contributed by atoms with E-state index in [2.05, 4.69) is 5.32 Å². The maximum absolute atomic E-state index is 11.5. The van der Waals surface area contributed by atoms with Crippen LogP contribution in [-0.4, -0.2) is 22.8 Å². The van der Waals surface area contributed by atoms with Gasteiger partial charge in [0.2, 0.25) is 0 Å². The van der Waals surface area contributed by atoms with Crippen LogP contribution in [0.15, 0.2) is 24.3 Å². The van der Waals surface area contributed by atoms with Crippen molar-refractivity contribution in [3.05, 3.63) is 29.8 Å². The number of nitrogens with zero attached hydrogens (tertiary/aromatic N) is 1. The van der Waals surface area contributed by atoms with Crippen molar-refractivity contribution in [1.82, 2.24) is 5.32 Å². The van der Waals surface area contributed by atoms with Crippen LogP contribution in [0.1, 0.15) is 26.3 Å². The summed E-state index contributed by atoms with van der Waals surface area (Å²) in [6.45, 7) is 5.27. The minimum absolute atomic E-state index is 0.164. The van der Waals surface area contributed by atoms with Gasteiger partial charge < -0.3 is 15.2 Å². The highest BCUT2D eigenvalue weighted by Crippen LogP contribution is 2.12. The number of carbonyl (C=O) groups is 1. The number of nitriles is 1. The van der Waals surface area contributed by atoms with Crippen molar-refractivity contribution in [2.45, 2.75) is 38.8 Å². The molecule has 1 rings (SSSR count). The number of phenolic OH excluding ortho intramolecular Hbond substituents is 1. The number of alkyl carbamates (subject to hydrolysis) is 1. The van der Waals surface area contributed by atoms with Crippen molar-refractivity contribution >= 4 is 6.09 Å². The largest absolute Gasteiger partial charge is 0.508 e. The lowest BCUT2D eigenvalue weighted by molar-refractivity contribution is 0.0516. The molecule has 0 aliphatic heterocycles. The summed E-state index contributed by atoms with van der Waals surface area (Å²) >= 11 is 0. The van der Waals surface area contributed by atoms with Crippen LogP contribution in [0.5, 0.6) is 5.75 Å². The molecule has 102 valence electrons. The number of phenols is 1. The predicted octanol–water partition coefficient (Wildman–Crippen LogP) is 2.35. The molecule has 1 amide bonds. The number of ether oxygens (including phenoxy) is 1. The first-order valence-electron chi connectivity index (χ1n) is 5.97. The molecule has 5 heteroatoms. The van der Waals surface area contributed by atoms with Crippen molar-refractivity contribution in [2.75, 3.05) is 0 Å². The average Bonchev–Trinajstić information content (AvgIpc) is 2.28. The summed E-state index contributed by atoms with van der Waals surface area (Å²) in [5.74, 6) is 0.164.